The molecule has 174 valence electrons. The maximum atomic E-state index is 13.0. The smallest absolute Gasteiger partial charge is 0.264 e. The first-order valence-corrected chi connectivity index (χ1v) is 13.3. The summed E-state index contributed by atoms with van der Waals surface area (Å²) in [7, 11) is 0. The highest BCUT2D eigenvalue weighted by Crippen LogP contribution is 2.39. The summed E-state index contributed by atoms with van der Waals surface area (Å²) < 4.78 is 8.16. The summed E-state index contributed by atoms with van der Waals surface area (Å²) in [6.45, 7) is 5.79. The van der Waals surface area contributed by atoms with Crippen LogP contribution < -0.4 is 10.1 Å². The normalized spacial score (nSPS) is 18.1. The van der Waals surface area contributed by atoms with E-state index in [1.165, 1.54) is 11.3 Å². The topological polar surface area (TPSA) is 71.5 Å². The van der Waals surface area contributed by atoms with Gasteiger partial charge in [0.05, 0.1) is 20.7 Å². The highest BCUT2D eigenvalue weighted by molar-refractivity contribution is 7.21. The van der Waals surface area contributed by atoms with Crippen LogP contribution in [0.1, 0.15) is 51.1 Å². The van der Waals surface area contributed by atoms with Gasteiger partial charge in [0.2, 0.25) is 0 Å². The number of pyridine rings is 1. The van der Waals surface area contributed by atoms with Gasteiger partial charge in [-0.2, -0.15) is 0 Å². The summed E-state index contributed by atoms with van der Waals surface area (Å²) >= 11 is 3.04. The first kappa shape index (κ1) is 21.6. The molecular formula is C26H25N3O3S2. The monoisotopic (exact) mass is 491 g/mol. The predicted octanol–water partition coefficient (Wildman–Crippen LogP) is 5.99. The van der Waals surface area contributed by atoms with Crippen molar-refractivity contribution in [1.29, 1.82) is 0 Å². The van der Waals surface area contributed by atoms with Gasteiger partial charge < -0.3 is 15.0 Å². The van der Waals surface area contributed by atoms with Gasteiger partial charge in [0.25, 0.3) is 11.8 Å². The number of carbonyl (C=O) groups excluding carboxylic acids is 2. The molecular weight excluding hydrogens is 466 g/mol. The minimum Gasteiger partial charge on any atom is -0.456 e. The molecule has 2 aliphatic rings. The summed E-state index contributed by atoms with van der Waals surface area (Å²) in [4.78, 5) is 33.8. The van der Waals surface area contributed by atoms with Crippen molar-refractivity contribution in [2.75, 3.05) is 13.1 Å². The van der Waals surface area contributed by atoms with Crippen LogP contribution in [0.4, 0.5) is 0 Å². The second kappa shape index (κ2) is 8.36. The fraction of sp³-hybridized carbons (Fsp3) is 0.346. The summed E-state index contributed by atoms with van der Waals surface area (Å²) in [6, 6.07) is 9.89. The third-order valence-electron chi connectivity index (χ3n) is 6.50. The number of hydrogen-bond acceptors (Lipinski definition) is 6. The zero-order valence-corrected chi connectivity index (χ0v) is 20.7. The number of fused-ring (bicyclic) bond motifs is 2. The van der Waals surface area contributed by atoms with Crippen LogP contribution in [0, 0.1) is 12.8 Å². The van der Waals surface area contributed by atoms with Crippen LogP contribution in [-0.4, -0.2) is 40.8 Å². The molecule has 0 bridgehead atoms. The van der Waals surface area contributed by atoms with E-state index in [4.69, 9.17) is 4.74 Å². The number of ether oxygens (including phenoxy) is 1. The second-order valence-electron chi connectivity index (χ2n) is 9.32. The number of rotatable bonds is 5. The SMILES string of the molecule is Cc1sc2cc(Oc3ccnc4cc(C(=O)N5CC[C@@H](C)C5)sc34)ccc2c1C(=O)NC1CC1. The quantitative estimate of drug-likeness (QED) is 0.372. The Kier molecular flexibility index (Phi) is 5.30. The van der Waals surface area contributed by atoms with Gasteiger partial charge in [0.1, 0.15) is 11.5 Å². The van der Waals surface area contributed by atoms with Crippen molar-refractivity contribution in [1.82, 2.24) is 15.2 Å². The molecule has 1 aromatic carbocycles. The molecule has 1 saturated heterocycles. The zero-order valence-electron chi connectivity index (χ0n) is 19.1. The molecule has 1 aliphatic heterocycles. The lowest BCUT2D eigenvalue weighted by Gasteiger charge is -2.14. The van der Waals surface area contributed by atoms with E-state index in [0.29, 0.717) is 28.3 Å². The van der Waals surface area contributed by atoms with Gasteiger partial charge in [-0.3, -0.25) is 14.6 Å². The molecule has 1 aliphatic carbocycles. The van der Waals surface area contributed by atoms with Crippen molar-refractivity contribution >= 4 is 54.8 Å². The van der Waals surface area contributed by atoms with Gasteiger partial charge in [-0.1, -0.05) is 6.92 Å². The van der Waals surface area contributed by atoms with E-state index < -0.39 is 0 Å². The number of hydrogen-bond donors (Lipinski definition) is 1. The van der Waals surface area contributed by atoms with E-state index in [9.17, 15) is 9.59 Å². The number of nitrogens with zero attached hydrogens (tertiary/aromatic N) is 2. The number of benzene rings is 1. The highest BCUT2D eigenvalue weighted by atomic mass is 32.1. The van der Waals surface area contributed by atoms with Crippen molar-refractivity contribution in [3.05, 3.63) is 51.8 Å². The minimum absolute atomic E-state index is 0.0129. The van der Waals surface area contributed by atoms with Gasteiger partial charge in [-0.15, -0.1) is 22.7 Å². The molecule has 3 aromatic heterocycles. The van der Waals surface area contributed by atoms with Crippen LogP contribution in [-0.2, 0) is 0 Å². The Labute approximate surface area is 205 Å². The highest BCUT2D eigenvalue weighted by Gasteiger charge is 2.27. The van der Waals surface area contributed by atoms with Gasteiger partial charge in [0, 0.05) is 46.4 Å². The molecule has 6 nitrogen and oxygen atoms in total. The molecule has 1 atom stereocenters. The molecule has 6 rings (SSSR count). The van der Waals surface area contributed by atoms with Gasteiger partial charge in [-0.05, 0) is 56.4 Å². The average molecular weight is 492 g/mol. The van der Waals surface area contributed by atoms with E-state index in [2.05, 4.69) is 17.2 Å². The van der Waals surface area contributed by atoms with Crippen molar-refractivity contribution in [2.45, 2.75) is 39.2 Å². The van der Waals surface area contributed by atoms with Crippen LogP contribution in [0.15, 0.2) is 36.5 Å². The molecule has 4 aromatic rings. The second-order valence-corrected chi connectivity index (χ2v) is 11.6. The Hall–Kier alpha value is -2.97. The van der Waals surface area contributed by atoms with Crippen LogP contribution in [0.2, 0.25) is 0 Å². The Morgan fingerprint density at radius 3 is 2.76 bits per heavy atom. The zero-order chi connectivity index (χ0) is 23.4. The fourth-order valence-corrected chi connectivity index (χ4v) is 6.66. The summed E-state index contributed by atoms with van der Waals surface area (Å²) in [6.07, 6.45) is 4.90. The first-order chi connectivity index (χ1) is 16.5. The van der Waals surface area contributed by atoms with Crippen molar-refractivity contribution in [2.24, 2.45) is 5.92 Å². The average Bonchev–Trinajstić information content (AvgIpc) is 3.20. The number of aryl methyl sites for hydroxylation is 1. The van der Waals surface area contributed by atoms with Crippen LogP contribution in [0.25, 0.3) is 20.3 Å². The Morgan fingerprint density at radius 1 is 1.15 bits per heavy atom. The van der Waals surface area contributed by atoms with Crippen LogP contribution >= 0.6 is 22.7 Å². The fourth-order valence-electron chi connectivity index (χ4n) is 4.53. The molecule has 2 amide bonds. The van der Waals surface area contributed by atoms with Gasteiger partial charge in [0.15, 0.2) is 0 Å². The number of likely N-dealkylation sites (tertiary alicyclic amines) is 1. The Morgan fingerprint density at radius 2 is 2.00 bits per heavy atom. The molecule has 4 heterocycles. The summed E-state index contributed by atoms with van der Waals surface area (Å²) in [5.41, 5.74) is 1.53. The number of carbonyl (C=O) groups is 2. The van der Waals surface area contributed by atoms with Gasteiger partial charge >= 0.3 is 0 Å². The first-order valence-electron chi connectivity index (χ1n) is 11.7. The Balaban J connectivity index is 1.28. The molecule has 2 fully saturated rings. The van der Waals surface area contributed by atoms with E-state index in [-0.39, 0.29) is 11.8 Å². The molecule has 0 unspecified atom stereocenters. The lowest BCUT2D eigenvalue weighted by molar-refractivity contribution is 0.0792. The summed E-state index contributed by atoms with van der Waals surface area (Å²) in [5, 5.41) is 4.05. The third kappa shape index (κ3) is 3.95. The lowest BCUT2D eigenvalue weighted by Crippen LogP contribution is -2.27. The predicted molar refractivity (Wildman–Crippen MR) is 136 cm³/mol. The number of thiophene rings is 2. The van der Waals surface area contributed by atoms with Crippen molar-refractivity contribution in [3.8, 4) is 11.5 Å². The Bertz CT molecular complexity index is 1440. The molecule has 1 saturated carbocycles. The molecule has 0 spiro atoms. The van der Waals surface area contributed by atoms with Crippen molar-refractivity contribution in [3.63, 3.8) is 0 Å². The van der Waals surface area contributed by atoms with Crippen LogP contribution in [0.3, 0.4) is 0 Å². The summed E-state index contributed by atoms with van der Waals surface area (Å²) in [5.74, 6) is 2.02. The largest absolute Gasteiger partial charge is 0.456 e. The minimum atomic E-state index is 0.0129. The van der Waals surface area contributed by atoms with E-state index >= 15 is 0 Å². The maximum Gasteiger partial charge on any atom is 0.264 e. The third-order valence-corrected chi connectivity index (χ3v) is 8.70. The lowest BCUT2D eigenvalue weighted by atomic mass is 10.1. The molecule has 8 heteroatoms. The number of amides is 2. The molecule has 1 N–H and O–H groups in total. The molecule has 0 radical (unpaired) electrons. The van der Waals surface area contributed by atoms with Crippen molar-refractivity contribution < 1.29 is 14.3 Å². The standard InChI is InChI=1S/C26H25N3O3S2/c1-14-8-10-29(13-14)26(31)22-12-19-24(34-22)20(7-9-27-19)32-17-5-6-18-21(11-17)33-15(2)23(18)25(30)28-16-3-4-16/h5-7,9,11-12,14,16H,3-4,8,10,13H2,1-2H3,(H,28,30)/t14-/m1/s1. The maximum absolute atomic E-state index is 13.0. The van der Waals surface area contributed by atoms with E-state index in [1.54, 1.807) is 17.5 Å². The number of aromatic nitrogens is 1. The van der Waals surface area contributed by atoms with Gasteiger partial charge in [-0.25, -0.2) is 0 Å². The van der Waals surface area contributed by atoms with E-state index in [0.717, 1.165) is 63.1 Å². The molecule has 34 heavy (non-hydrogen) atoms. The van der Waals surface area contributed by atoms with Crippen LogP contribution in [0.5, 0.6) is 11.5 Å². The van der Waals surface area contributed by atoms with E-state index in [1.807, 2.05) is 42.2 Å². The number of nitrogens with one attached hydrogen (secondary N) is 1.